The third-order valence-corrected chi connectivity index (χ3v) is 7.01. The zero-order valence-corrected chi connectivity index (χ0v) is 19.3. The molecule has 3 heterocycles. The van der Waals surface area contributed by atoms with E-state index in [1.807, 2.05) is 6.92 Å². The van der Waals surface area contributed by atoms with Crippen LogP contribution < -0.4 is 4.90 Å². The van der Waals surface area contributed by atoms with Crippen molar-refractivity contribution in [2.45, 2.75) is 44.8 Å². The monoisotopic (exact) mass is 495 g/mol. The molecular weight excluding hydrogens is 474 g/mol. The molecule has 0 saturated heterocycles. The number of carbonyl (C=O) groups excluding carboxylic acids is 1. The summed E-state index contributed by atoms with van der Waals surface area (Å²) in [6, 6.07) is 12.3. The molecule has 0 N–H and O–H groups in total. The Balaban J connectivity index is 1.39. The number of hydrogen-bond acceptors (Lipinski definition) is 3. The lowest BCUT2D eigenvalue weighted by Crippen LogP contribution is -2.42. The minimum absolute atomic E-state index is 0.0814. The summed E-state index contributed by atoms with van der Waals surface area (Å²) in [6.45, 7) is 1.94. The van der Waals surface area contributed by atoms with Crippen LogP contribution in [0.25, 0.3) is 16.9 Å². The van der Waals surface area contributed by atoms with E-state index in [1.165, 1.54) is 23.1 Å². The van der Waals surface area contributed by atoms with Crippen molar-refractivity contribution >= 4 is 11.6 Å². The second-order valence-corrected chi connectivity index (χ2v) is 9.23. The largest absolute Gasteiger partial charge is 0.469 e. The molecule has 1 unspecified atom stereocenters. The molecule has 0 fully saturated rings. The number of aromatic nitrogens is 2. The van der Waals surface area contributed by atoms with Crippen LogP contribution in [0.15, 0.2) is 59.2 Å². The van der Waals surface area contributed by atoms with Gasteiger partial charge in [-0.1, -0.05) is 0 Å². The third kappa shape index (κ3) is 3.53. The van der Waals surface area contributed by atoms with E-state index in [2.05, 4.69) is 5.10 Å². The van der Waals surface area contributed by atoms with E-state index < -0.39 is 11.9 Å². The second-order valence-electron chi connectivity index (χ2n) is 9.23. The molecule has 36 heavy (non-hydrogen) atoms. The number of halogens is 4. The van der Waals surface area contributed by atoms with Gasteiger partial charge in [-0.15, -0.1) is 0 Å². The third-order valence-electron chi connectivity index (χ3n) is 7.01. The molecule has 2 aromatic carbocycles. The van der Waals surface area contributed by atoms with E-state index in [1.54, 1.807) is 41.3 Å². The van der Waals surface area contributed by atoms with E-state index in [-0.39, 0.29) is 29.8 Å². The number of aryl methyl sites for hydroxylation is 2. The van der Waals surface area contributed by atoms with Crippen molar-refractivity contribution in [3.05, 3.63) is 88.8 Å². The first kappa shape index (κ1) is 22.6. The van der Waals surface area contributed by atoms with Crippen LogP contribution in [0.1, 0.15) is 46.3 Å². The van der Waals surface area contributed by atoms with Gasteiger partial charge in [-0.05, 0) is 80.3 Å². The Labute approximate surface area is 203 Å². The van der Waals surface area contributed by atoms with Gasteiger partial charge in [0.15, 0.2) is 5.69 Å². The van der Waals surface area contributed by atoms with Crippen LogP contribution in [-0.2, 0) is 25.4 Å². The first-order chi connectivity index (χ1) is 17.2. The van der Waals surface area contributed by atoms with Crippen molar-refractivity contribution in [1.82, 2.24) is 9.78 Å². The smallest absolute Gasteiger partial charge is 0.435 e. The van der Waals surface area contributed by atoms with Gasteiger partial charge in [0.2, 0.25) is 0 Å². The Bertz CT molecular complexity index is 1480. The van der Waals surface area contributed by atoms with Crippen molar-refractivity contribution in [3.63, 3.8) is 0 Å². The predicted octanol–water partition coefficient (Wildman–Crippen LogP) is 6.37. The van der Waals surface area contributed by atoms with Crippen molar-refractivity contribution in [2.24, 2.45) is 0 Å². The Morgan fingerprint density at radius 3 is 2.58 bits per heavy atom. The number of furan rings is 1. The number of amides is 1. The molecule has 5 nitrogen and oxygen atoms in total. The topological polar surface area (TPSA) is 51.3 Å². The molecule has 1 aliphatic heterocycles. The van der Waals surface area contributed by atoms with E-state index in [0.29, 0.717) is 53.2 Å². The highest BCUT2D eigenvalue weighted by molar-refractivity contribution is 6.07. The van der Waals surface area contributed by atoms with Crippen molar-refractivity contribution in [2.75, 3.05) is 4.90 Å². The lowest BCUT2D eigenvalue weighted by Gasteiger charge is -2.35. The lowest BCUT2D eigenvalue weighted by molar-refractivity contribution is -0.142. The van der Waals surface area contributed by atoms with E-state index in [9.17, 15) is 22.4 Å². The quantitative estimate of drug-likeness (QED) is 0.304. The fourth-order valence-electron chi connectivity index (χ4n) is 5.28. The lowest BCUT2D eigenvalue weighted by atomic mass is 9.94. The van der Waals surface area contributed by atoms with Gasteiger partial charge < -0.3 is 9.32 Å². The number of nitrogens with zero attached hydrogens (tertiary/aromatic N) is 3. The van der Waals surface area contributed by atoms with Gasteiger partial charge in [-0.3, -0.25) is 4.79 Å². The summed E-state index contributed by atoms with van der Waals surface area (Å²) in [7, 11) is 0. The van der Waals surface area contributed by atoms with Crippen LogP contribution in [0.3, 0.4) is 0 Å². The van der Waals surface area contributed by atoms with Gasteiger partial charge >= 0.3 is 6.18 Å². The van der Waals surface area contributed by atoms with Crippen LogP contribution in [0, 0.1) is 5.82 Å². The van der Waals surface area contributed by atoms with Gasteiger partial charge in [0.05, 0.1) is 17.6 Å². The van der Waals surface area contributed by atoms with Gasteiger partial charge in [-0.2, -0.15) is 18.3 Å². The summed E-state index contributed by atoms with van der Waals surface area (Å²) in [5.41, 5.74) is 2.41. The highest BCUT2D eigenvalue weighted by atomic mass is 19.4. The zero-order chi connectivity index (χ0) is 25.2. The predicted molar refractivity (Wildman–Crippen MR) is 125 cm³/mol. The average molecular weight is 495 g/mol. The number of fused-ring (bicyclic) bond motifs is 4. The Morgan fingerprint density at radius 1 is 1.06 bits per heavy atom. The normalized spacial score (nSPS) is 16.9. The fraction of sp³-hybridized carbons (Fsp3) is 0.259. The number of benzene rings is 2. The van der Waals surface area contributed by atoms with Gasteiger partial charge in [-0.25, -0.2) is 9.07 Å². The molecule has 0 saturated carbocycles. The number of alkyl halides is 3. The van der Waals surface area contributed by atoms with Crippen LogP contribution in [0.5, 0.6) is 0 Å². The average Bonchev–Trinajstić information content (AvgIpc) is 3.48. The van der Waals surface area contributed by atoms with Crippen LogP contribution in [0.4, 0.5) is 23.2 Å². The van der Waals surface area contributed by atoms with E-state index >= 15 is 0 Å². The van der Waals surface area contributed by atoms with Crippen molar-refractivity contribution in [3.8, 4) is 16.9 Å². The summed E-state index contributed by atoms with van der Waals surface area (Å²) in [4.78, 5) is 15.1. The summed E-state index contributed by atoms with van der Waals surface area (Å²) in [5, 5.41) is 3.95. The Hall–Kier alpha value is -3.88. The van der Waals surface area contributed by atoms with Crippen molar-refractivity contribution < 1.29 is 26.8 Å². The zero-order valence-electron chi connectivity index (χ0n) is 19.3. The molecule has 1 amide bonds. The molecule has 0 radical (unpaired) electrons. The van der Waals surface area contributed by atoms with Crippen LogP contribution in [-0.4, -0.2) is 21.7 Å². The van der Waals surface area contributed by atoms with Crippen LogP contribution in [0.2, 0.25) is 0 Å². The Kier molecular flexibility index (Phi) is 5.07. The second kappa shape index (κ2) is 8.08. The SMILES string of the molecule is CC1CCc2cc(F)ccc2N1C(=O)c1ccc(-n2nc(C(F)(F)F)c3c2-c2ccoc2CC3)cc1. The Morgan fingerprint density at radius 2 is 1.83 bits per heavy atom. The molecule has 2 aromatic heterocycles. The number of hydrogen-bond donors (Lipinski definition) is 0. The standard InChI is InChI=1S/C27H21F4N3O2/c1-15-2-3-17-14-18(28)6-10-22(17)33(15)26(35)16-4-7-19(8-5-16)34-24-20-12-13-36-23(20)11-9-21(24)25(32-34)27(29,30)31/h4-8,10,12-15H,2-3,9,11H2,1H3. The van der Waals surface area contributed by atoms with Crippen LogP contribution >= 0.6 is 0 Å². The maximum atomic E-state index is 13.8. The molecule has 4 aromatic rings. The maximum Gasteiger partial charge on any atom is 0.435 e. The summed E-state index contributed by atoms with van der Waals surface area (Å²) in [6.07, 6.45) is -1.20. The first-order valence-corrected chi connectivity index (χ1v) is 11.7. The summed E-state index contributed by atoms with van der Waals surface area (Å²) >= 11 is 0. The number of anilines is 1. The maximum absolute atomic E-state index is 13.8. The molecule has 0 bridgehead atoms. The molecule has 1 atom stereocenters. The minimum Gasteiger partial charge on any atom is -0.469 e. The molecule has 1 aliphatic carbocycles. The number of rotatable bonds is 2. The highest BCUT2D eigenvalue weighted by Crippen LogP contribution is 2.42. The summed E-state index contributed by atoms with van der Waals surface area (Å²) in [5.74, 6) is 0.0252. The minimum atomic E-state index is -4.59. The van der Waals surface area contributed by atoms with Gasteiger partial charge in [0.25, 0.3) is 5.91 Å². The molecule has 2 aliphatic rings. The molecule has 0 spiro atoms. The van der Waals surface area contributed by atoms with E-state index in [0.717, 1.165) is 5.56 Å². The first-order valence-electron chi connectivity index (χ1n) is 11.7. The molecular formula is C27H21F4N3O2. The van der Waals surface area contributed by atoms with Gasteiger partial charge in [0.1, 0.15) is 11.6 Å². The molecule has 184 valence electrons. The number of carbonyl (C=O) groups is 1. The van der Waals surface area contributed by atoms with Crippen molar-refractivity contribution in [1.29, 1.82) is 0 Å². The van der Waals surface area contributed by atoms with Gasteiger partial charge in [0, 0.05) is 34.8 Å². The molecule has 9 heteroatoms. The fourth-order valence-corrected chi connectivity index (χ4v) is 5.28. The summed E-state index contributed by atoms with van der Waals surface area (Å²) < 4.78 is 61.9. The highest BCUT2D eigenvalue weighted by Gasteiger charge is 2.41. The molecule has 6 rings (SSSR count). The van der Waals surface area contributed by atoms with E-state index in [4.69, 9.17) is 4.42 Å².